The van der Waals surface area contributed by atoms with Crippen LogP contribution < -0.4 is 0 Å². The van der Waals surface area contributed by atoms with Gasteiger partial charge in [0.15, 0.2) is 0 Å². The van der Waals surface area contributed by atoms with Crippen LogP contribution in [0.15, 0.2) is 0 Å². The van der Waals surface area contributed by atoms with E-state index < -0.39 is 11.4 Å². The van der Waals surface area contributed by atoms with Crippen LogP contribution in [0.1, 0.15) is 25.7 Å². The maximum Gasteiger partial charge on any atom is 0.0842 e. The van der Waals surface area contributed by atoms with Crippen molar-refractivity contribution in [1.29, 1.82) is 0 Å². The van der Waals surface area contributed by atoms with Crippen molar-refractivity contribution in [3.05, 3.63) is 0 Å². The SMILES string of the molecule is O=S([O-])OCCCCCCI. The maximum atomic E-state index is 9.86. The molecule has 0 aromatic rings. The van der Waals surface area contributed by atoms with Gasteiger partial charge in [0.25, 0.3) is 0 Å². The van der Waals surface area contributed by atoms with Gasteiger partial charge in [0.2, 0.25) is 0 Å². The summed E-state index contributed by atoms with van der Waals surface area (Å²) in [5.41, 5.74) is 0. The molecule has 0 aliphatic rings. The highest BCUT2D eigenvalue weighted by molar-refractivity contribution is 14.1. The van der Waals surface area contributed by atoms with Gasteiger partial charge in [0.05, 0.1) is 18.0 Å². The van der Waals surface area contributed by atoms with E-state index in [4.69, 9.17) is 0 Å². The molecule has 0 N–H and O–H groups in total. The molecule has 0 saturated carbocycles. The Labute approximate surface area is 83.5 Å². The van der Waals surface area contributed by atoms with Gasteiger partial charge in [-0.25, -0.2) is 4.21 Å². The van der Waals surface area contributed by atoms with Crippen molar-refractivity contribution in [2.24, 2.45) is 0 Å². The molecule has 0 aliphatic heterocycles. The minimum atomic E-state index is -2.32. The highest BCUT2D eigenvalue weighted by Gasteiger charge is 1.89. The second-order valence-electron chi connectivity index (χ2n) is 2.13. The Bertz CT molecular complexity index is 110. The molecule has 68 valence electrons. The third-order valence-electron chi connectivity index (χ3n) is 1.21. The van der Waals surface area contributed by atoms with E-state index in [2.05, 4.69) is 26.8 Å². The van der Waals surface area contributed by atoms with Crippen molar-refractivity contribution in [3.8, 4) is 0 Å². The Morgan fingerprint density at radius 2 is 1.91 bits per heavy atom. The van der Waals surface area contributed by atoms with E-state index in [0.29, 0.717) is 6.61 Å². The summed E-state index contributed by atoms with van der Waals surface area (Å²) in [4.78, 5) is 0. The van der Waals surface area contributed by atoms with Gasteiger partial charge in [-0.1, -0.05) is 35.4 Å². The molecule has 0 aliphatic carbocycles. The van der Waals surface area contributed by atoms with E-state index in [1.54, 1.807) is 0 Å². The van der Waals surface area contributed by atoms with Crippen molar-refractivity contribution in [1.82, 2.24) is 0 Å². The molecule has 1 atom stereocenters. The molecule has 5 heteroatoms. The summed E-state index contributed by atoms with van der Waals surface area (Å²) >= 11 is 0.00498. The molecule has 0 saturated heterocycles. The Morgan fingerprint density at radius 1 is 1.27 bits per heavy atom. The Kier molecular flexibility index (Phi) is 9.54. The first-order valence-electron chi connectivity index (χ1n) is 3.56. The van der Waals surface area contributed by atoms with E-state index >= 15 is 0 Å². The maximum absolute atomic E-state index is 9.86. The van der Waals surface area contributed by atoms with E-state index in [1.807, 2.05) is 0 Å². The Hall–Kier alpha value is 0.800. The van der Waals surface area contributed by atoms with Gasteiger partial charge < -0.3 is 8.74 Å². The number of rotatable bonds is 7. The molecule has 1 unspecified atom stereocenters. The van der Waals surface area contributed by atoms with E-state index in [1.165, 1.54) is 10.8 Å². The number of alkyl halides is 1. The third-order valence-corrected chi connectivity index (χ3v) is 2.33. The van der Waals surface area contributed by atoms with Crippen molar-refractivity contribution in [2.45, 2.75) is 25.7 Å². The summed E-state index contributed by atoms with van der Waals surface area (Å²) in [7, 11) is 0. The zero-order chi connectivity index (χ0) is 8.53. The molecule has 3 nitrogen and oxygen atoms in total. The number of unbranched alkanes of at least 4 members (excludes halogenated alkanes) is 3. The first-order chi connectivity index (χ1) is 5.27. The van der Waals surface area contributed by atoms with Crippen LogP contribution >= 0.6 is 22.6 Å². The van der Waals surface area contributed by atoms with Crippen LogP contribution in [0, 0.1) is 0 Å². The predicted octanol–water partition coefficient (Wildman–Crippen LogP) is 1.79. The van der Waals surface area contributed by atoms with Crippen LogP contribution in [-0.2, 0) is 15.5 Å². The number of hydrogen-bond donors (Lipinski definition) is 0. The Balaban J connectivity index is 2.85. The van der Waals surface area contributed by atoms with E-state index in [-0.39, 0.29) is 0 Å². The van der Waals surface area contributed by atoms with Gasteiger partial charge in [-0.15, -0.1) is 0 Å². The number of hydrogen-bond acceptors (Lipinski definition) is 3. The van der Waals surface area contributed by atoms with Crippen LogP contribution in [0.4, 0.5) is 0 Å². The first kappa shape index (κ1) is 11.8. The second-order valence-corrected chi connectivity index (χ2v) is 3.85. The second kappa shape index (κ2) is 8.89. The molecule has 0 amide bonds. The Morgan fingerprint density at radius 3 is 2.45 bits per heavy atom. The molecular weight excluding hydrogens is 279 g/mol. The largest absolute Gasteiger partial charge is 0.750 e. The fourth-order valence-corrected chi connectivity index (χ4v) is 1.47. The molecule has 0 aromatic carbocycles. The molecule has 11 heavy (non-hydrogen) atoms. The lowest BCUT2D eigenvalue weighted by molar-refractivity contribution is 0.291. The highest BCUT2D eigenvalue weighted by Crippen LogP contribution is 2.02. The molecule has 0 spiro atoms. The van der Waals surface area contributed by atoms with Crippen LogP contribution in [0.25, 0.3) is 0 Å². The highest BCUT2D eigenvalue weighted by atomic mass is 127. The summed E-state index contributed by atoms with van der Waals surface area (Å²) in [6, 6.07) is 0. The predicted molar refractivity (Wildman–Crippen MR) is 52.2 cm³/mol. The molecule has 0 fully saturated rings. The topological polar surface area (TPSA) is 49.4 Å². The molecular formula is C6H12IO3S-. The lowest BCUT2D eigenvalue weighted by Crippen LogP contribution is -1.97. The van der Waals surface area contributed by atoms with Gasteiger partial charge in [-0.05, 0) is 17.3 Å². The van der Waals surface area contributed by atoms with Crippen molar-refractivity contribution in [2.75, 3.05) is 11.0 Å². The lowest BCUT2D eigenvalue weighted by atomic mass is 10.2. The molecule has 0 bridgehead atoms. The first-order valence-corrected chi connectivity index (χ1v) is 6.08. The van der Waals surface area contributed by atoms with Gasteiger partial charge in [-0.3, -0.25) is 0 Å². The normalized spacial score (nSPS) is 13.3. The van der Waals surface area contributed by atoms with E-state index in [0.717, 1.165) is 19.3 Å². The van der Waals surface area contributed by atoms with Crippen molar-refractivity contribution in [3.63, 3.8) is 0 Å². The average Bonchev–Trinajstić information content (AvgIpc) is 1.96. The molecule has 0 aromatic heterocycles. The quantitative estimate of drug-likeness (QED) is 0.311. The van der Waals surface area contributed by atoms with Crippen LogP contribution in [0.2, 0.25) is 0 Å². The van der Waals surface area contributed by atoms with Crippen molar-refractivity contribution >= 4 is 34.0 Å². The standard InChI is InChI=1S/C6H13IO3S/c7-5-3-1-2-4-6-10-11(8)9/h1-6H2,(H,8,9)/p-1. The zero-order valence-corrected chi connectivity index (χ0v) is 9.23. The van der Waals surface area contributed by atoms with Crippen LogP contribution in [0.3, 0.4) is 0 Å². The monoisotopic (exact) mass is 291 g/mol. The van der Waals surface area contributed by atoms with Gasteiger partial charge in [-0.2, -0.15) is 0 Å². The summed E-state index contributed by atoms with van der Waals surface area (Å²) < 4.78 is 25.2. The summed E-state index contributed by atoms with van der Waals surface area (Å²) in [6.45, 7) is 0.331. The molecule has 0 heterocycles. The molecule has 0 rings (SSSR count). The zero-order valence-electron chi connectivity index (χ0n) is 6.25. The minimum Gasteiger partial charge on any atom is -0.750 e. The fourth-order valence-electron chi connectivity index (χ4n) is 0.677. The smallest absolute Gasteiger partial charge is 0.0842 e. The summed E-state index contributed by atoms with van der Waals surface area (Å²) in [5, 5.41) is 0. The summed E-state index contributed by atoms with van der Waals surface area (Å²) in [6.07, 6.45) is 4.27. The lowest BCUT2D eigenvalue weighted by Gasteiger charge is -2.04. The fraction of sp³-hybridized carbons (Fsp3) is 1.00. The molecule has 0 radical (unpaired) electrons. The van der Waals surface area contributed by atoms with E-state index in [9.17, 15) is 8.76 Å². The minimum absolute atomic E-state index is 0.331. The van der Waals surface area contributed by atoms with Gasteiger partial charge >= 0.3 is 0 Å². The van der Waals surface area contributed by atoms with Crippen LogP contribution in [-0.4, -0.2) is 19.8 Å². The van der Waals surface area contributed by atoms with Gasteiger partial charge in [0, 0.05) is 0 Å². The van der Waals surface area contributed by atoms with Gasteiger partial charge in [0.1, 0.15) is 0 Å². The van der Waals surface area contributed by atoms with Crippen molar-refractivity contribution < 1.29 is 12.9 Å². The average molecular weight is 291 g/mol. The third kappa shape index (κ3) is 10.8. The summed E-state index contributed by atoms with van der Waals surface area (Å²) in [5.74, 6) is 0. The number of halogens is 1. The van der Waals surface area contributed by atoms with Crippen LogP contribution in [0.5, 0.6) is 0 Å².